The van der Waals surface area contributed by atoms with E-state index in [-0.39, 0.29) is 6.61 Å². The highest BCUT2D eigenvalue weighted by Gasteiger charge is 2.10. The smallest absolute Gasteiger partial charge is 0.119 e. The quantitative estimate of drug-likeness (QED) is 0.905. The second-order valence-electron chi connectivity index (χ2n) is 4.29. The van der Waals surface area contributed by atoms with Crippen LogP contribution in [0.15, 0.2) is 42.5 Å². The molecule has 0 aromatic heterocycles. The minimum atomic E-state index is -0.714. The molecule has 1 unspecified atom stereocenters. The van der Waals surface area contributed by atoms with Crippen LogP contribution in [0.4, 0.5) is 0 Å². The summed E-state index contributed by atoms with van der Waals surface area (Å²) in [6, 6.07) is 12.5. The summed E-state index contributed by atoms with van der Waals surface area (Å²) < 4.78 is 5.50. The molecular formula is C15H14Cl2O2. The molecule has 0 spiro atoms. The molecule has 0 amide bonds. The topological polar surface area (TPSA) is 29.5 Å². The molecule has 2 aromatic rings. The first-order valence-corrected chi connectivity index (χ1v) is 6.64. The van der Waals surface area contributed by atoms with Crippen LogP contribution in [-0.2, 0) is 0 Å². The van der Waals surface area contributed by atoms with E-state index in [1.165, 1.54) is 0 Å². The number of halogens is 2. The summed E-state index contributed by atoms with van der Waals surface area (Å²) in [5, 5.41) is 11.3. The summed E-state index contributed by atoms with van der Waals surface area (Å²) in [6.07, 6.45) is -0.714. The average Bonchev–Trinajstić information content (AvgIpc) is 2.41. The Bertz CT molecular complexity index is 553. The summed E-state index contributed by atoms with van der Waals surface area (Å²) in [5.74, 6) is 0.668. The van der Waals surface area contributed by atoms with Gasteiger partial charge >= 0.3 is 0 Å². The first-order valence-electron chi connectivity index (χ1n) is 5.89. The molecule has 4 heteroatoms. The van der Waals surface area contributed by atoms with Gasteiger partial charge < -0.3 is 9.84 Å². The van der Waals surface area contributed by atoms with E-state index < -0.39 is 6.10 Å². The third kappa shape index (κ3) is 3.87. The van der Waals surface area contributed by atoms with Crippen molar-refractivity contribution in [3.05, 3.63) is 63.6 Å². The van der Waals surface area contributed by atoms with Crippen molar-refractivity contribution in [1.82, 2.24) is 0 Å². The Balaban J connectivity index is 1.98. The van der Waals surface area contributed by atoms with Crippen molar-refractivity contribution in [3.63, 3.8) is 0 Å². The number of benzene rings is 2. The molecule has 0 aliphatic rings. The lowest BCUT2D eigenvalue weighted by Gasteiger charge is -2.13. The normalized spacial score (nSPS) is 12.2. The monoisotopic (exact) mass is 296 g/mol. The number of rotatable bonds is 4. The maximum absolute atomic E-state index is 10.0. The van der Waals surface area contributed by atoms with Crippen molar-refractivity contribution in [2.75, 3.05) is 6.61 Å². The largest absolute Gasteiger partial charge is 0.491 e. The molecule has 0 fully saturated rings. The minimum Gasteiger partial charge on any atom is -0.491 e. The fourth-order valence-electron chi connectivity index (χ4n) is 1.62. The van der Waals surface area contributed by atoms with Gasteiger partial charge in [0.05, 0.1) is 0 Å². The summed E-state index contributed by atoms with van der Waals surface area (Å²) in [7, 11) is 0. The zero-order chi connectivity index (χ0) is 13.8. The number of hydrogen-bond acceptors (Lipinski definition) is 2. The van der Waals surface area contributed by atoms with E-state index in [1.54, 1.807) is 30.3 Å². The fourth-order valence-corrected chi connectivity index (χ4v) is 1.93. The molecule has 1 atom stereocenters. The average molecular weight is 297 g/mol. The molecule has 0 aliphatic heterocycles. The van der Waals surface area contributed by atoms with Crippen LogP contribution in [0.5, 0.6) is 5.75 Å². The Morgan fingerprint density at radius 1 is 1.11 bits per heavy atom. The van der Waals surface area contributed by atoms with Crippen LogP contribution >= 0.6 is 23.2 Å². The Kier molecular flexibility index (Phi) is 4.70. The summed E-state index contributed by atoms with van der Waals surface area (Å²) in [6.45, 7) is 2.09. The van der Waals surface area contributed by atoms with Crippen molar-refractivity contribution < 1.29 is 9.84 Å². The van der Waals surface area contributed by atoms with Gasteiger partial charge in [-0.2, -0.15) is 0 Å². The van der Waals surface area contributed by atoms with Gasteiger partial charge in [0.15, 0.2) is 0 Å². The van der Waals surface area contributed by atoms with Gasteiger partial charge in [-0.25, -0.2) is 0 Å². The fraction of sp³-hybridized carbons (Fsp3) is 0.200. The lowest BCUT2D eigenvalue weighted by Crippen LogP contribution is -2.09. The SMILES string of the molecule is Cc1ccc(C(O)COc2ccc(Cl)cc2)cc1Cl. The van der Waals surface area contributed by atoms with Crippen molar-refractivity contribution in [1.29, 1.82) is 0 Å². The van der Waals surface area contributed by atoms with Crippen molar-refractivity contribution in [2.45, 2.75) is 13.0 Å². The first kappa shape index (κ1) is 14.2. The van der Waals surface area contributed by atoms with Gasteiger partial charge in [-0.05, 0) is 48.4 Å². The van der Waals surface area contributed by atoms with Crippen molar-refractivity contribution >= 4 is 23.2 Å². The van der Waals surface area contributed by atoms with Crippen LogP contribution in [0.1, 0.15) is 17.2 Å². The van der Waals surface area contributed by atoms with Crippen LogP contribution in [-0.4, -0.2) is 11.7 Å². The maximum Gasteiger partial charge on any atom is 0.119 e. The first-order chi connectivity index (χ1) is 9.06. The predicted octanol–water partition coefficient (Wildman–Crippen LogP) is 4.41. The highest BCUT2D eigenvalue weighted by atomic mass is 35.5. The van der Waals surface area contributed by atoms with Gasteiger partial charge in [0, 0.05) is 10.0 Å². The number of ether oxygens (including phenoxy) is 1. The summed E-state index contributed by atoms with van der Waals surface area (Å²) >= 11 is 11.8. The maximum atomic E-state index is 10.0. The lowest BCUT2D eigenvalue weighted by atomic mass is 10.1. The number of hydrogen-bond donors (Lipinski definition) is 1. The lowest BCUT2D eigenvalue weighted by molar-refractivity contribution is 0.108. The highest BCUT2D eigenvalue weighted by Crippen LogP contribution is 2.23. The molecule has 19 heavy (non-hydrogen) atoms. The number of aryl methyl sites for hydroxylation is 1. The molecule has 100 valence electrons. The third-order valence-electron chi connectivity index (χ3n) is 2.80. The van der Waals surface area contributed by atoms with E-state index in [0.717, 1.165) is 11.1 Å². The Labute approximate surface area is 122 Å². The van der Waals surface area contributed by atoms with Gasteiger partial charge in [0.1, 0.15) is 18.5 Å². The Morgan fingerprint density at radius 3 is 2.42 bits per heavy atom. The molecule has 2 rings (SSSR count). The number of aliphatic hydroxyl groups excluding tert-OH is 1. The van der Waals surface area contributed by atoms with Crippen molar-refractivity contribution in [2.24, 2.45) is 0 Å². The van der Waals surface area contributed by atoms with Crippen molar-refractivity contribution in [3.8, 4) is 5.75 Å². The van der Waals surface area contributed by atoms with Crippen LogP contribution in [0.2, 0.25) is 10.0 Å². The molecule has 0 heterocycles. The van der Waals surface area contributed by atoms with Gasteiger partial charge in [-0.3, -0.25) is 0 Å². The van der Waals surface area contributed by atoms with Gasteiger partial charge in [-0.1, -0.05) is 35.3 Å². The molecule has 1 N–H and O–H groups in total. The molecule has 0 saturated heterocycles. The Hall–Kier alpha value is -1.22. The standard InChI is InChI=1S/C15H14Cl2O2/c1-10-2-3-11(8-14(10)17)15(18)9-19-13-6-4-12(16)5-7-13/h2-8,15,18H,9H2,1H3. The summed E-state index contributed by atoms with van der Waals surface area (Å²) in [5.41, 5.74) is 1.72. The number of aliphatic hydroxyl groups is 1. The van der Waals surface area contributed by atoms with Crippen LogP contribution < -0.4 is 4.74 Å². The summed E-state index contributed by atoms with van der Waals surface area (Å²) in [4.78, 5) is 0. The van der Waals surface area contributed by atoms with E-state index in [2.05, 4.69) is 0 Å². The van der Waals surface area contributed by atoms with Gasteiger partial charge in [-0.15, -0.1) is 0 Å². The Morgan fingerprint density at radius 2 is 1.79 bits per heavy atom. The van der Waals surface area contributed by atoms with E-state index >= 15 is 0 Å². The van der Waals surface area contributed by atoms with Crippen LogP contribution in [0.3, 0.4) is 0 Å². The van der Waals surface area contributed by atoms with Gasteiger partial charge in [0.2, 0.25) is 0 Å². The van der Waals surface area contributed by atoms with Crippen LogP contribution in [0.25, 0.3) is 0 Å². The molecule has 0 saturated carbocycles. The molecule has 2 nitrogen and oxygen atoms in total. The molecule has 0 radical (unpaired) electrons. The second kappa shape index (κ2) is 6.29. The van der Waals surface area contributed by atoms with E-state index in [4.69, 9.17) is 27.9 Å². The van der Waals surface area contributed by atoms with Gasteiger partial charge in [0.25, 0.3) is 0 Å². The highest BCUT2D eigenvalue weighted by molar-refractivity contribution is 6.31. The van der Waals surface area contributed by atoms with E-state index in [0.29, 0.717) is 15.8 Å². The van der Waals surface area contributed by atoms with E-state index in [9.17, 15) is 5.11 Å². The second-order valence-corrected chi connectivity index (χ2v) is 5.13. The predicted molar refractivity (Wildman–Crippen MR) is 78.1 cm³/mol. The zero-order valence-corrected chi connectivity index (χ0v) is 11.9. The minimum absolute atomic E-state index is 0.168. The molecule has 0 aliphatic carbocycles. The third-order valence-corrected chi connectivity index (χ3v) is 3.46. The molecule has 2 aromatic carbocycles. The zero-order valence-electron chi connectivity index (χ0n) is 10.4. The van der Waals surface area contributed by atoms with Crippen LogP contribution in [0, 0.1) is 6.92 Å². The molecule has 0 bridgehead atoms. The van der Waals surface area contributed by atoms with E-state index in [1.807, 2.05) is 19.1 Å². The molecular weight excluding hydrogens is 283 g/mol.